The van der Waals surface area contributed by atoms with E-state index in [2.05, 4.69) is 19.2 Å². The zero-order chi connectivity index (χ0) is 12.8. The lowest BCUT2D eigenvalue weighted by atomic mass is 9.94. The highest BCUT2D eigenvalue weighted by Crippen LogP contribution is 2.26. The Morgan fingerprint density at radius 2 is 1.82 bits per heavy atom. The van der Waals surface area contributed by atoms with Crippen LogP contribution < -0.4 is 5.32 Å². The Hall–Kier alpha value is -0.240. The molecule has 0 aliphatic heterocycles. The molecule has 1 nitrogen and oxygen atoms in total. The average Bonchev–Trinajstić information content (AvgIpc) is 2.32. The summed E-state index contributed by atoms with van der Waals surface area (Å²) in [5, 5.41) is 4.88. The smallest absolute Gasteiger partial charge is 0.0453 e. The van der Waals surface area contributed by atoms with Gasteiger partial charge in [-0.2, -0.15) is 0 Å². The van der Waals surface area contributed by atoms with Gasteiger partial charge in [0.1, 0.15) is 0 Å². The largest absolute Gasteiger partial charge is 0.317 e. The molecule has 0 saturated heterocycles. The average molecular weight is 274 g/mol. The molecular weight excluding hydrogens is 253 g/mol. The van der Waals surface area contributed by atoms with Crippen molar-refractivity contribution in [3.05, 3.63) is 33.8 Å². The van der Waals surface area contributed by atoms with Crippen LogP contribution in [0.5, 0.6) is 0 Å². The normalized spacial score (nSPS) is 14.6. The molecule has 2 atom stereocenters. The number of benzene rings is 1. The molecule has 0 saturated carbocycles. The van der Waals surface area contributed by atoms with E-state index in [4.69, 9.17) is 23.2 Å². The van der Waals surface area contributed by atoms with Crippen LogP contribution in [0.4, 0.5) is 0 Å². The first-order valence-corrected chi connectivity index (χ1v) is 6.94. The van der Waals surface area contributed by atoms with Crippen molar-refractivity contribution in [2.45, 2.75) is 39.2 Å². The minimum atomic E-state index is 0.433. The summed E-state index contributed by atoms with van der Waals surface area (Å²) in [6.07, 6.45) is 3.24. The summed E-state index contributed by atoms with van der Waals surface area (Å²) in [5.74, 6) is 0.716. The Balaban J connectivity index is 2.73. The second kappa shape index (κ2) is 7.25. The van der Waals surface area contributed by atoms with Gasteiger partial charge in [-0.05, 0) is 43.5 Å². The van der Waals surface area contributed by atoms with Gasteiger partial charge in [-0.15, -0.1) is 0 Å². The second-order valence-electron chi connectivity index (χ2n) is 4.64. The molecule has 1 rings (SSSR count). The van der Waals surface area contributed by atoms with Crippen LogP contribution in [0, 0.1) is 5.92 Å². The van der Waals surface area contributed by atoms with Crippen molar-refractivity contribution in [2.24, 2.45) is 5.92 Å². The summed E-state index contributed by atoms with van der Waals surface area (Å²) >= 11 is 12.4. The van der Waals surface area contributed by atoms with Gasteiger partial charge in [0.05, 0.1) is 0 Å². The molecule has 96 valence electrons. The van der Waals surface area contributed by atoms with Gasteiger partial charge in [-0.1, -0.05) is 49.5 Å². The van der Waals surface area contributed by atoms with E-state index < -0.39 is 0 Å². The van der Waals surface area contributed by atoms with Crippen molar-refractivity contribution in [1.29, 1.82) is 0 Å². The molecule has 0 aliphatic carbocycles. The number of rotatable bonds is 6. The summed E-state index contributed by atoms with van der Waals surface area (Å²) < 4.78 is 0. The predicted octanol–water partition coefficient (Wildman–Crippen LogP) is 4.56. The number of halogens is 2. The third-order valence-electron chi connectivity index (χ3n) is 3.30. The molecule has 3 heteroatoms. The van der Waals surface area contributed by atoms with Crippen molar-refractivity contribution in [2.75, 3.05) is 7.05 Å². The third-order valence-corrected chi connectivity index (χ3v) is 4.01. The highest BCUT2D eigenvalue weighted by molar-refractivity contribution is 6.35. The van der Waals surface area contributed by atoms with E-state index in [1.807, 2.05) is 25.2 Å². The number of likely N-dealkylation sites (N-methyl/N-ethyl adjacent to an activating group) is 1. The van der Waals surface area contributed by atoms with Gasteiger partial charge < -0.3 is 5.32 Å². The van der Waals surface area contributed by atoms with Gasteiger partial charge in [0.15, 0.2) is 0 Å². The third kappa shape index (κ3) is 4.50. The van der Waals surface area contributed by atoms with Crippen LogP contribution in [0.25, 0.3) is 0 Å². The molecule has 1 aromatic carbocycles. The van der Waals surface area contributed by atoms with E-state index >= 15 is 0 Å². The molecule has 0 aliphatic rings. The van der Waals surface area contributed by atoms with Gasteiger partial charge in [0.2, 0.25) is 0 Å². The van der Waals surface area contributed by atoms with Crippen molar-refractivity contribution in [3.63, 3.8) is 0 Å². The molecule has 2 unspecified atom stereocenters. The Kier molecular flexibility index (Phi) is 6.32. The fourth-order valence-corrected chi connectivity index (χ4v) is 2.48. The van der Waals surface area contributed by atoms with Crippen LogP contribution >= 0.6 is 23.2 Å². The molecule has 17 heavy (non-hydrogen) atoms. The molecule has 0 bridgehead atoms. The number of nitrogens with one attached hydrogen (secondary N) is 1. The van der Waals surface area contributed by atoms with Gasteiger partial charge >= 0.3 is 0 Å². The first kappa shape index (κ1) is 14.8. The van der Waals surface area contributed by atoms with E-state index in [1.165, 1.54) is 6.42 Å². The van der Waals surface area contributed by atoms with E-state index in [1.54, 1.807) is 0 Å². The first-order valence-electron chi connectivity index (χ1n) is 6.18. The second-order valence-corrected chi connectivity index (χ2v) is 5.45. The lowest BCUT2D eigenvalue weighted by molar-refractivity contribution is 0.410. The summed E-state index contributed by atoms with van der Waals surface area (Å²) in [4.78, 5) is 0. The first-order chi connectivity index (χ1) is 8.08. The van der Waals surface area contributed by atoms with E-state index in [0.29, 0.717) is 12.0 Å². The molecule has 0 amide bonds. The molecule has 0 aromatic heterocycles. The van der Waals surface area contributed by atoms with Gasteiger partial charge in [0.25, 0.3) is 0 Å². The zero-order valence-electron chi connectivity index (χ0n) is 10.8. The van der Waals surface area contributed by atoms with E-state index in [0.717, 1.165) is 28.5 Å². The summed E-state index contributed by atoms with van der Waals surface area (Å²) in [7, 11) is 2.00. The maximum absolute atomic E-state index is 6.19. The Morgan fingerprint density at radius 3 is 2.29 bits per heavy atom. The fourth-order valence-electron chi connectivity index (χ4n) is 1.93. The lowest BCUT2D eigenvalue weighted by Crippen LogP contribution is -2.29. The Bertz CT molecular complexity index is 332. The monoisotopic (exact) mass is 273 g/mol. The Morgan fingerprint density at radius 1 is 1.24 bits per heavy atom. The molecule has 1 aromatic rings. The molecule has 0 heterocycles. The minimum Gasteiger partial charge on any atom is -0.317 e. The molecule has 0 spiro atoms. The maximum atomic E-state index is 6.19. The number of hydrogen-bond acceptors (Lipinski definition) is 1. The zero-order valence-corrected chi connectivity index (χ0v) is 12.3. The molecule has 0 fully saturated rings. The molecular formula is C14H21Cl2N. The SMILES string of the molecule is CCC(C)CC(Cc1c(Cl)cccc1Cl)NC. The summed E-state index contributed by atoms with van der Waals surface area (Å²) in [5.41, 5.74) is 1.05. The molecule has 1 N–H and O–H groups in total. The van der Waals surface area contributed by atoms with Crippen LogP contribution in [-0.4, -0.2) is 13.1 Å². The summed E-state index contributed by atoms with van der Waals surface area (Å²) in [6.45, 7) is 4.50. The number of hydrogen-bond donors (Lipinski definition) is 1. The Labute approximate surface area is 115 Å². The van der Waals surface area contributed by atoms with E-state index in [9.17, 15) is 0 Å². The van der Waals surface area contributed by atoms with Crippen LogP contribution in [0.1, 0.15) is 32.3 Å². The fraction of sp³-hybridized carbons (Fsp3) is 0.571. The quantitative estimate of drug-likeness (QED) is 0.801. The van der Waals surface area contributed by atoms with Crippen LogP contribution in [0.2, 0.25) is 10.0 Å². The summed E-state index contributed by atoms with van der Waals surface area (Å²) in [6, 6.07) is 6.12. The highest BCUT2D eigenvalue weighted by Gasteiger charge is 2.14. The van der Waals surface area contributed by atoms with Gasteiger partial charge in [0, 0.05) is 16.1 Å². The van der Waals surface area contributed by atoms with Crippen LogP contribution in [-0.2, 0) is 6.42 Å². The van der Waals surface area contributed by atoms with E-state index in [-0.39, 0.29) is 0 Å². The van der Waals surface area contributed by atoms with Crippen molar-refractivity contribution in [3.8, 4) is 0 Å². The topological polar surface area (TPSA) is 12.0 Å². The molecule has 0 radical (unpaired) electrons. The van der Waals surface area contributed by atoms with Crippen LogP contribution in [0.15, 0.2) is 18.2 Å². The van der Waals surface area contributed by atoms with Crippen molar-refractivity contribution >= 4 is 23.2 Å². The van der Waals surface area contributed by atoms with Crippen LogP contribution in [0.3, 0.4) is 0 Å². The van der Waals surface area contributed by atoms with Crippen molar-refractivity contribution in [1.82, 2.24) is 5.32 Å². The predicted molar refractivity (Wildman–Crippen MR) is 77.1 cm³/mol. The van der Waals surface area contributed by atoms with Crippen molar-refractivity contribution < 1.29 is 0 Å². The van der Waals surface area contributed by atoms with Gasteiger partial charge in [-0.25, -0.2) is 0 Å². The standard InChI is InChI=1S/C14H21Cl2N/c1-4-10(2)8-11(17-3)9-12-13(15)6-5-7-14(12)16/h5-7,10-11,17H,4,8-9H2,1-3H3. The lowest BCUT2D eigenvalue weighted by Gasteiger charge is -2.21. The minimum absolute atomic E-state index is 0.433. The van der Waals surface area contributed by atoms with Gasteiger partial charge in [-0.3, -0.25) is 0 Å². The maximum Gasteiger partial charge on any atom is 0.0453 e. The highest BCUT2D eigenvalue weighted by atomic mass is 35.5.